The van der Waals surface area contributed by atoms with Crippen LogP contribution in [0.2, 0.25) is 5.02 Å². The van der Waals surface area contributed by atoms with Gasteiger partial charge in [0.15, 0.2) is 0 Å². The zero-order valence-corrected chi connectivity index (χ0v) is 17.2. The smallest absolute Gasteiger partial charge is 0.317 e. The molecule has 4 nitrogen and oxygen atoms in total. The van der Waals surface area contributed by atoms with Gasteiger partial charge in [0.1, 0.15) is 0 Å². The van der Waals surface area contributed by atoms with Crippen molar-refractivity contribution in [2.24, 2.45) is 0 Å². The maximum Gasteiger partial charge on any atom is 0.317 e. The van der Waals surface area contributed by atoms with Gasteiger partial charge in [0.25, 0.3) is 0 Å². The summed E-state index contributed by atoms with van der Waals surface area (Å²) in [5.41, 5.74) is 3.79. The van der Waals surface area contributed by atoms with Gasteiger partial charge in [0.2, 0.25) is 0 Å². The van der Waals surface area contributed by atoms with Gasteiger partial charge in [-0.25, -0.2) is 0 Å². The first-order valence-corrected chi connectivity index (χ1v) is 10.4. The maximum atomic E-state index is 11.4. The van der Waals surface area contributed by atoms with E-state index in [1.165, 1.54) is 16.8 Å². The van der Waals surface area contributed by atoms with Crippen molar-refractivity contribution in [3.63, 3.8) is 0 Å². The Balaban J connectivity index is 1.53. The highest BCUT2D eigenvalue weighted by Crippen LogP contribution is 2.24. The molecule has 0 aliphatic carbocycles. The summed E-state index contributed by atoms with van der Waals surface area (Å²) in [5.74, 6) is -0.743. The average molecular weight is 401 g/mol. The molecule has 150 valence electrons. The fourth-order valence-corrected chi connectivity index (χ4v) is 4.14. The monoisotopic (exact) mass is 400 g/mol. The van der Waals surface area contributed by atoms with Crippen molar-refractivity contribution in [3.05, 3.63) is 64.7 Å². The van der Waals surface area contributed by atoms with E-state index in [0.29, 0.717) is 6.04 Å². The number of carbonyl (C=O) groups is 1. The molecule has 5 heteroatoms. The Hall–Kier alpha value is -2.04. The van der Waals surface area contributed by atoms with Crippen LogP contribution in [0.5, 0.6) is 0 Å². The largest absolute Gasteiger partial charge is 0.480 e. The summed E-state index contributed by atoms with van der Waals surface area (Å²) in [6.45, 7) is 4.99. The molecule has 0 spiro atoms. The van der Waals surface area contributed by atoms with Crippen LogP contribution in [0.25, 0.3) is 0 Å². The van der Waals surface area contributed by atoms with Crippen LogP contribution in [-0.4, -0.2) is 48.2 Å². The fraction of sp³-hybridized carbons (Fsp3) is 0.435. The van der Waals surface area contributed by atoms with Crippen LogP contribution in [0.1, 0.15) is 30.4 Å². The number of hydrogen-bond acceptors (Lipinski definition) is 3. The van der Waals surface area contributed by atoms with Crippen molar-refractivity contribution in [2.75, 3.05) is 31.1 Å². The number of hydrogen-bond donors (Lipinski definition) is 1. The molecule has 0 bridgehead atoms. The number of rotatable bonds is 8. The number of nitrogens with zero attached hydrogens (tertiary/aromatic N) is 2. The lowest BCUT2D eigenvalue weighted by Crippen LogP contribution is -2.47. The van der Waals surface area contributed by atoms with Crippen LogP contribution < -0.4 is 4.90 Å². The molecule has 1 aliphatic rings. The summed E-state index contributed by atoms with van der Waals surface area (Å²) in [7, 11) is 0. The lowest BCUT2D eigenvalue weighted by molar-refractivity contribution is -0.139. The molecule has 1 heterocycles. The van der Waals surface area contributed by atoms with E-state index in [0.717, 1.165) is 50.3 Å². The summed E-state index contributed by atoms with van der Waals surface area (Å²) < 4.78 is 0. The number of carboxylic acids is 1. The third-order valence-electron chi connectivity index (χ3n) is 5.51. The van der Waals surface area contributed by atoms with Crippen LogP contribution in [0.3, 0.4) is 0 Å². The first-order valence-electron chi connectivity index (χ1n) is 10.0. The Morgan fingerprint density at radius 2 is 1.89 bits per heavy atom. The zero-order chi connectivity index (χ0) is 19.9. The molecule has 1 fully saturated rings. The van der Waals surface area contributed by atoms with Crippen molar-refractivity contribution < 1.29 is 9.90 Å². The minimum atomic E-state index is -0.743. The fourth-order valence-electron chi connectivity index (χ4n) is 4.02. The molecule has 0 amide bonds. The molecule has 0 atom stereocenters. The van der Waals surface area contributed by atoms with E-state index in [2.05, 4.69) is 41.0 Å². The summed E-state index contributed by atoms with van der Waals surface area (Å²) >= 11 is 5.94. The van der Waals surface area contributed by atoms with Crippen LogP contribution in [-0.2, 0) is 11.2 Å². The van der Waals surface area contributed by atoms with Gasteiger partial charge in [-0.1, -0.05) is 35.9 Å². The van der Waals surface area contributed by atoms with Gasteiger partial charge in [0.05, 0.1) is 6.54 Å². The van der Waals surface area contributed by atoms with Crippen molar-refractivity contribution in [3.8, 4) is 0 Å². The number of aliphatic carboxylic acids is 1. The highest BCUT2D eigenvalue weighted by atomic mass is 35.5. The second-order valence-corrected chi connectivity index (χ2v) is 8.09. The number of carboxylic acid groups (broad SMARTS) is 1. The standard InChI is InChI=1S/C23H29ClN2O2/c1-18-4-2-6-22(16-18)25-14-11-21(12-15-25)26(17-23(27)28)13-3-5-19-7-9-20(24)10-8-19/h2,4,6-10,16,21H,3,5,11-15,17H2,1H3,(H,27,28). The second-order valence-electron chi connectivity index (χ2n) is 7.65. The Kier molecular flexibility index (Phi) is 7.35. The lowest BCUT2D eigenvalue weighted by Gasteiger charge is -2.39. The van der Waals surface area contributed by atoms with Gasteiger partial charge in [-0.3, -0.25) is 9.69 Å². The first-order chi connectivity index (χ1) is 13.5. The SMILES string of the molecule is Cc1cccc(N2CCC(N(CCCc3ccc(Cl)cc3)CC(=O)O)CC2)c1. The van der Waals surface area contributed by atoms with Crippen molar-refractivity contribution in [1.82, 2.24) is 4.90 Å². The minimum Gasteiger partial charge on any atom is -0.480 e. The molecular weight excluding hydrogens is 372 g/mol. The highest BCUT2D eigenvalue weighted by molar-refractivity contribution is 6.30. The predicted octanol–water partition coefficient (Wildman–Crippen LogP) is 4.64. The predicted molar refractivity (Wildman–Crippen MR) is 115 cm³/mol. The Morgan fingerprint density at radius 3 is 2.54 bits per heavy atom. The van der Waals surface area contributed by atoms with Gasteiger partial charge >= 0.3 is 5.97 Å². The van der Waals surface area contributed by atoms with Gasteiger partial charge in [-0.15, -0.1) is 0 Å². The number of aryl methyl sites for hydroxylation is 2. The third-order valence-corrected chi connectivity index (χ3v) is 5.76. The summed E-state index contributed by atoms with van der Waals surface area (Å²) in [6.07, 6.45) is 3.90. The van der Waals surface area contributed by atoms with Gasteiger partial charge in [-0.2, -0.15) is 0 Å². The molecule has 1 N–H and O–H groups in total. The van der Waals surface area contributed by atoms with E-state index < -0.39 is 5.97 Å². The lowest BCUT2D eigenvalue weighted by atomic mass is 10.0. The Bertz CT molecular complexity index is 770. The highest BCUT2D eigenvalue weighted by Gasteiger charge is 2.26. The summed E-state index contributed by atoms with van der Waals surface area (Å²) in [4.78, 5) is 16.0. The minimum absolute atomic E-state index is 0.121. The second kappa shape index (κ2) is 9.94. The molecule has 1 saturated heterocycles. The number of benzene rings is 2. The van der Waals surface area contributed by atoms with Crippen molar-refractivity contribution in [1.29, 1.82) is 0 Å². The Labute approximate surface area is 172 Å². The third kappa shape index (κ3) is 5.98. The number of piperidine rings is 1. The normalized spacial score (nSPS) is 15.2. The van der Waals surface area contributed by atoms with Gasteiger partial charge in [-0.05, 0) is 74.5 Å². The van der Waals surface area contributed by atoms with E-state index >= 15 is 0 Å². The molecule has 28 heavy (non-hydrogen) atoms. The molecule has 3 rings (SSSR count). The molecule has 0 aromatic heterocycles. The van der Waals surface area contributed by atoms with Crippen molar-refractivity contribution >= 4 is 23.3 Å². The molecule has 2 aromatic rings. The zero-order valence-electron chi connectivity index (χ0n) is 16.5. The van der Waals surface area contributed by atoms with Gasteiger partial charge in [0, 0.05) is 29.8 Å². The first kappa shape index (κ1) is 20.7. The van der Waals surface area contributed by atoms with Crippen LogP contribution >= 0.6 is 11.6 Å². The van der Waals surface area contributed by atoms with E-state index in [9.17, 15) is 9.90 Å². The molecule has 0 radical (unpaired) electrons. The molecule has 2 aromatic carbocycles. The summed E-state index contributed by atoms with van der Waals surface area (Å²) in [6, 6.07) is 16.8. The molecule has 0 saturated carbocycles. The molecule has 0 unspecified atom stereocenters. The van der Waals surface area contributed by atoms with E-state index in [1.807, 2.05) is 24.3 Å². The van der Waals surface area contributed by atoms with Crippen LogP contribution in [0, 0.1) is 6.92 Å². The molecular formula is C23H29ClN2O2. The molecule has 1 aliphatic heterocycles. The van der Waals surface area contributed by atoms with Crippen LogP contribution in [0.15, 0.2) is 48.5 Å². The summed E-state index contributed by atoms with van der Waals surface area (Å²) in [5, 5.41) is 10.1. The van der Waals surface area contributed by atoms with E-state index in [4.69, 9.17) is 11.6 Å². The van der Waals surface area contributed by atoms with Gasteiger partial charge < -0.3 is 10.0 Å². The maximum absolute atomic E-state index is 11.4. The van der Waals surface area contributed by atoms with E-state index in [1.54, 1.807) is 0 Å². The topological polar surface area (TPSA) is 43.8 Å². The number of halogens is 1. The quantitative estimate of drug-likeness (QED) is 0.701. The average Bonchev–Trinajstić information content (AvgIpc) is 2.68. The number of anilines is 1. The van der Waals surface area contributed by atoms with E-state index in [-0.39, 0.29) is 6.54 Å². The Morgan fingerprint density at radius 1 is 1.18 bits per heavy atom. The van der Waals surface area contributed by atoms with Crippen LogP contribution in [0.4, 0.5) is 5.69 Å². The van der Waals surface area contributed by atoms with Crippen molar-refractivity contribution in [2.45, 2.75) is 38.6 Å².